The predicted molar refractivity (Wildman–Crippen MR) is 129 cm³/mol. The van der Waals surface area contributed by atoms with Crippen molar-refractivity contribution in [1.29, 1.82) is 0 Å². The second-order valence-electron chi connectivity index (χ2n) is 9.62. The third-order valence-corrected chi connectivity index (χ3v) is 6.24. The van der Waals surface area contributed by atoms with Gasteiger partial charge in [0.2, 0.25) is 0 Å². The number of oxime groups is 1. The molecule has 1 N–H and O–H groups in total. The normalized spacial score (nSPS) is 18.4. The molecule has 0 aromatic heterocycles. The zero-order valence-corrected chi connectivity index (χ0v) is 19.6. The number of anilines is 1. The lowest BCUT2D eigenvalue weighted by Gasteiger charge is -2.36. The highest BCUT2D eigenvalue weighted by molar-refractivity contribution is 7.80. The molecule has 2 heterocycles. The van der Waals surface area contributed by atoms with Crippen LogP contribution in [-0.4, -0.2) is 34.6 Å². The van der Waals surface area contributed by atoms with Gasteiger partial charge in [-0.1, -0.05) is 67.9 Å². The quantitative estimate of drug-likeness (QED) is 0.635. The topological polar surface area (TPSA) is 46.1 Å². The smallest absolute Gasteiger partial charge is 0.283 e. The van der Waals surface area contributed by atoms with Gasteiger partial charge in [-0.25, -0.2) is 0 Å². The first-order valence-electron chi connectivity index (χ1n) is 10.9. The minimum Gasteiger partial charge on any atom is -0.388 e. The molecule has 31 heavy (non-hydrogen) atoms. The van der Waals surface area contributed by atoms with Crippen molar-refractivity contribution >= 4 is 28.8 Å². The molecule has 0 atom stereocenters. The van der Waals surface area contributed by atoms with E-state index in [1.165, 1.54) is 11.1 Å². The fraction of sp³-hybridized carbons (Fsp3) is 0.440. The van der Waals surface area contributed by atoms with Gasteiger partial charge in [0.05, 0.1) is 5.71 Å². The number of hydroxylamine groups is 2. The lowest BCUT2D eigenvalue weighted by Crippen LogP contribution is -2.45. The van der Waals surface area contributed by atoms with Gasteiger partial charge >= 0.3 is 0 Å². The molecule has 0 unspecified atom stereocenters. The zero-order chi connectivity index (χ0) is 22.1. The summed E-state index contributed by atoms with van der Waals surface area (Å²) in [5.74, 6) is 0. The molecule has 6 heteroatoms. The van der Waals surface area contributed by atoms with E-state index in [2.05, 4.69) is 74.6 Å². The third kappa shape index (κ3) is 5.25. The number of thiocarbonyl (C=S) groups is 1. The van der Waals surface area contributed by atoms with Crippen molar-refractivity contribution in [2.75, 3.05) is 18.4 Å². The number of hydrogen-bond donors (Lipinski definition) is 1. The van der Waals surface area contributed by atoms with Crippen LogP contribution in [0.5, 0.6) is 0 Å². The maximum absolute atomic E-state index is 5.92. The molecule has 2 aromatic rings. The first kappa shape index (κ1) is 21.8. The van der Waals surface area contributed by atoms with E-state index in [1.807, 2.05) is 17.2 Å². The van der Waals surface area contributed by atoms with Crippen LogP contribution < -0.4 is 5.32 Å². The second kappa shape index (κ2) is 8.60. The Kier molecular flexibility index (Phi) is 6.04. The summed E-state index contributed by atoms with van der Waals surface area (Å²) >= 11 is 5.41. The molecule has 4 rings (SSSR count). The summed E-state index contributed by atoms with van der Waals surface area (Å²) < 4.78 is 0. The fourth-order valence-corrected chi connectivity index (χ4v) is 4.21. The molecule has 5 nitrogen and oxygen atoms in total. The van der Waals surface area contributed by atoms with Crippen LogP contribution in [-0.2, 0) is 15.1 Å². The number of aryl methyl sites for hydroxylation is 1. The molecule has 1 fully saturated rings. The van der Waals surface area contributed by atoms with E-state index in [9.17, 15) is 0 Å². The van der Waals surface area contributed by atoms with Crippen LogP contribution in [0.25, 0.3) is 0 Å². The van der Waals surface area contributed by atoms with Gasteiger partial charge in [0.25, 0.3) is 5.17 Å². The minimum absolute atomic E-state index is 0.130. The molecule has 2 aromatic carbocycles. The summed E-state index contributed by atoms with van der Waals surface area (Å²) in [6, 6.07) is 16.8. The van der Waals surface area contributed by atoms with Crippen molar-refractivity contribution < 1.29 is 9.68 Å². The first-order valence-corrected chi connectivity index (χ1v) is 11.3. The number of piperidine rings is 1. The second-order valence-corrected chi connectivity index (χ2v) is 9.99. The molecule has 0 radical (unpaired) electrons. The van der Waals surface area contributed by atoms with Gasteiger partial charge < -0.3 is 15.0 Å². The Hall–Kier alpha value is -2.44. The molecule has 1 spiro atoms. The average molecular weight is 438 g/mol. The van der Waals surface area contributed by atoms with Gasteiger partial charge in [0.15, 0.2) is 0 Å². The number of hydrogen-bond acceptors (Lipinski definition) is 5. The SMILES string of the molecule is Cc1ccc(C2=NOC3(CCN(OC(=S)Nc4ccc(C(C)(C)C)cc4)CC3)C2)cc1. The number of benzene rings is 2. The Morgan fingerprint density at radius 1 is 1.06 bits per heavy atom. The molecule has 0 amide bonds. The lowest BCUT2D eigenvalue weighted by molar-refractivity contribution is -0.143. The van der Waals surface area contributed by atoms with E-state index < -0.39 is 0 Å². The van der Waals surface area contributed by atoms with Crippen molar-refractivity contribution in [2.24, 2.45) is 5.16 Å². The highest BCUT2D eigenvalue weighted by Gasteiger charge is 2.43. The van der Waals surface area contributed by atoms with E-state index >= 15 is 0 Å². The zero-order valence-electron chi connectivity index (χ0n) is 18.8. The summed E-state index contributed by atoms with van der Waals surface area (Å²) in [4.78, 5) is 11.8. The van der Waals surface area contributed by atoms with Crippen LogP contribution in [0.4, 0.5) is 5.69 Å². The average Bonchev–Trinajstić information content (AvgIpc) is 3.14. The van der Waals surface area contributed by atoms with Crippen LogP contribution in [0.1, 0.15) is 56.7 Å². The Balaban J connectivity index is 1.26. The Labute approximate surface area is 190 Å². The highest BCUT2D eigenvalue weighted by Crippen LogP contribution is 2.36. The van der Waals surface area contributed by atoms with E-state index in [4.69, 9.17) is 21.9 Å². The van der Waals surface area contributed by atoms with Crippen LogP contribution in [0.15, 0.2) is 53.7 Å². The molecular weight excluding hydrogens is 406 g/mol. The Morgan fingerprint density at radius 3 is 2.32 bits per heavy atom. The summed E-state index contributed by atoms with van der Waals surface area (Å²) in [5.41, 5.74) is 5.55. The first-order chi connectivity index (χ1) is 14.7. The number of nitrogens with zero attached hydrogens (tertiary/aromatic N) is 2. The van der Waals surface area contributed by atoms with E-state index in [0.29, 0.717) is 5.17 Å². The molecule has 0 saturated carbocycles. The molecule has 2 aliphatic heterocycles. The van der Waals surface area contributed by atoms with Crippen LogP contribution in [0, 0.1) is 6.92 Å². The molecule has 1 saturated heterocycles. The summed E-state index contributed by atoms with van der Waals surface area (Å²) in [7, 11) is 0. The molecule has 164 valence electrons. The highest BCUT2D eigenvalue weighted by atomic mass is 32.1. The Bertz CT molecular complexity index is 954. The van der Waals surface area contributed by atoms with Crippen molar-refractivity contribution in [1.82, 2.24) is 5.06 Å². The number of nitrogens with one attached hydrogen (secondary N) is 1. The van der Waals surface area contributed by atoms with Crippen molar-refractivity contribution in [2.45, 2.75) is 58.0 Å². The Morgan fingerprint density at radius 2 is 1.71 bits per heavy atom. The maximum atomic E-state index is 5.92. The van der Waals surface area contributed by atoms with Crippen molar-refractivity contribution in [3.05, 3.63) is 65.2 Å². The van der Waals surface area contributed by atoms with Crippen molar-refractivity contribution in [3.63, 3.8) is 0 Å². The van der Waals surface area contributed by atoms with Crippen LogP contribution in [0.2, 0.25) is 0 Å². The lowest BCUT2D eigenvalue weighted by atomic mass is 9.86. The van der Waals surface area contributed by atoms with Gasteiger partial charge in [-0.2, -0.15) is 0 Å². The summed E-state index contributed by atoms with van der Waals surface area (Å²) in [6.07, 6.45) is 2.55. The largest absolute Gasteiger partial charge is 0.388 e. The summed E-state index contributed by atoms with van der Waals surface area (Å²) in [5, 5.41) is 9.85. The van der Waals surface area contributed by atoms with Gasteiger partial charge in [-0.3, -0.25) is 0 Å². The third-order valence-electron chi connectivity index (χ3n) is 6.07. The summed E-state index contributed by atoms with van der Waals surface area (Å²) in [6.45, 7) is 10.2. The number of rotatable bonds is 3. The molecule has 0 aliphatic carbocycles. The van der Waals surface area contributed by atoms with E-state index in [-0.39, 0.29) is 11.0 Å². The van der Waals surface area contributed by atoms with Gasteiger partial charge in [0, 0.05) is 38.0 Å². The van der Waals surface area contributed by atoms with E-state index in [1.54, 1.807) is 0 Å². The van der Waals surface area contributed by atoms with Crippen molar-refractivity contribution in [3.8, 4) is 0 Å². The van der Waals surface area contributed by atoms with Gasteiger partial charge in [0.1, 0.15) is 5.60 Å². The maximum Gasteiger partial charge on any atom is 0.283 e. The van der Waals surface area contributed by atoms with Gasteiger partial charge in [-0.15, -0.1) is 5.06 Å². The fourth-order valence-electron chi connectivity index (χ4n) is 3.99. The molecule has 0 bridgehead atoms. The molecule has 2 aliphatic rings. The van der Waals surface area contributed by atoms with Crippen LogP contribution in [0.3, 0.4) is 0 Å². The minimum atomic E-state index is -0.224. The standard InChI is InChI=1S/C25H31N3O2S/c1-18-5-7-19(8-6-18)22-17-25(30-27-22)13-15-28(16-14-25)29-23(31)26-21-11-9-20(10-12-21)24(2,3)4/h5-12H,13-17H2,1-4H3,(H,26,31). The van der Waals surface area contributed by atoms with Crippen LogP contribution >= 0.6 is 12.2 Å². The van der Waals surface area contributed by atoms with Gasteiger partial charge in [-0.05, 0) is 47.8 Å². The van der Waals surface area contributed by atoms with E-state index in [0.717, 1.165) is 49.3 Å². The predicted octanol–water partition coefficient (Wildman–Crippen LogP) is 5.58. The molecular formula is C25H31N3O2S. The monoisotopic (exact) mass is 437 g/mol.